The lowest BCUT2D eigenvalue weighted by Crippen LogP contribution is -2.30. The molecular weight excluding hydrogens is 172 g/mol. The molecule has 0 aliphatic carbocycles. The third-order valence-electron chi connectivity index (χ3n) is 1.78. The van der Waals surface area contributed by atoms with Gasteiger partial charge in [0.05, 0.1) is 6.10 Å². The normalized spacial score (nSPS) is 14.7. The molecule has 4 heteroatoms. The van der Waals surface area contributed by atoms with Gasteiger partial charge in [0.15, 0.2) is 0 Å². The minimum atomic E-state index is -1.06. The van der Waals surface area contributed by atoms with Gasteiger partial charge in [-0.15, -0.1) is 0 Å². The Kier molecular flexibility index (Phi) is 5.11. The van der Waals surface area contributed by atoms with Crippen molar-refractivity contribution in [3.05, 3.63) is 0 Å². The largest absolute Gasteiger partial charge is 0.550 e. The van der Waals surface area contributed by atoms with Crippen molar-refractivity contribution in [3.8, 4) is 0 Å². The molecule has 76 valence electrons. The quantitative estimate of drug-likeness (QED) is 0.573. The summed E-state index contributed by atoms with van der Waals surface area (Å²) < 4.78 is 4.83. The summed E-state index contributed by atoms with van der Waals surface area (Å²) in [5.74, 6) is -1.89. The number of carboxylic acid groups (broad SMARTS) is 1. The van der Waals surface area contributed by atoms with Crippen molar-refractivity contribution in [2.24, 2.45) is 5.92 Å². The fourth-order valence-corrected chi connectivity index (χ4v) is 0.945. The zero-order valence-corrected chi connectivity index (χ0v) is 8.20. The molecule has 0 aromatic heterocycles. The molecule has 0 spiro atoms. The smallest absolute Gasteiger partial charge is 0.302 e. The van der Waals surface area contributed by atoms with E-state index in [1.807, 2.05) is 0 Å². The molecule has 0 aromatic rings. The minimum Gasteiger partial charge on any atom is -0.550 e. The number of hydrogen-bond acceptors (Lipinski definition) is 4. The first kappa shape index (κ1) is 11.9. The summed E-state index contributed by atoms with van der Waals surface area (Å²) in [7, 11) is 0. The SMILES string of the molecule is CC(=O)OC(C)CCC(C)C(=O)[O-]. The summed E-state index contributed by atoms with van der Waals surface area (Å²) >= 11 is 0. The van der Waals surface area contributed by atoms with Crippen LogP contribution in [0.1, 0.15) is 33.6 Å². The van der Waals surface area contributed by atoms with Crippen molar-refractivity contribution in [3.63, 3.8) is 0 Å². The minimum absolute atomic E-state index is 0.223. The van der Waals surface area contributed by atoms with E-state index >= 15 is 0 Å². The van der Waals surface area contributed by atoms with Crippen molar-refractivity contribution < 1.29 is 19.4 Å². The van der Waals surface area contributed by atoms with E-state index in [-0.39, 0.29) is 12.1 Å². The van der Waals surface area contributed by atoms with Gasteiger partial charge in [0, 0.05) is 12.9 Å². The van der Waals surface area contributed by atoms with E-state index in [9.17, 15) is 14.7 Å². The molecule has 2 unspecified atom stereocenters. The Balaban J connectivity index is 3.63. The zero-order chi connectivity index (χ0) is 10.4. The first-order valence-electron chi connectivity index (χ1n) is 4.31. The molecule has 2 atom stereocenters. The topological polar surface area (TPSA) is 66.4 Å². The maximum absolute atomic E-state index is 10.5. The van der Waals surface area contributed by atoms with Crippen LogP contribution in [0.15, 0.2) is 0 Å². The average Bonchev–Trinajstić information content (AvgIpc) is 1.98. The third-order valence-corrected chi connectivity index (χ3v) is 1.78. The highest BCUT2D eigenvalue weighted by Crippen LogP contribution is 2.09. The van der Waals surface area contributed by atoms with E-state index in [0.29, 0.717) is 12.8 Å². The summed E-state index contributed by atoms with van der Waals surface area (Å²) in [5, 5.41) is 10.3. The van der Waals surface area contributed by atoms with Gasteiger partial charge in [-0.2, -0.15) is 0 Å². The number of ether oxygens (including phenoxy) is 1. The molecule has 0 fully saturated rings. The molecule has 0 saturated carbocycles. The van der Waals surface area contributed by atoms with Crippen LogP contribution in [0, 0.1) is 5.92 Å². The Morgan fingerprint density at radius 1 is 1.31 bits per heavy atom. The van der Waals surface area contributed by atoms with Crippen LogP contribution in [-0.2, 0) is 14.3 Å². The molecular formula is C9H15O4-. The first-order valence-corrected chi connectivity index (χ1v) is 4.31. The number of carbonyl (C=O) groups excluding carboxylic acids is 2. The average molecular weight is 187 g/mol. The van der Waals surface area contributed by atoms with E-state index in [1.54, 1.807) is 13.8 Å². The second kappa shape index (κ2) is 5.56. The summed E-state index contributed by atoms with van der Waals surface area (Å²) in [6, 6.07) is 0. The monoisotopic (exact) mass is 187 g/mol. The van der Waals surface area contributed by atoms with Crippen molar-refractivity contribution in [2.75, 3.05) is 0 Å². The van der Waals surface area contributed by atoms with E-state index in [0.717, 1.165) is 0 Å². The van der Waals surface area contributed by atoms with Gasteiger partial charge in [-0.05, 0) is 25.7 Å². The van der Waals surface area contributed by atoms with Crippen molar-refractivity contribution in [1.82, 2.24) is 0 Å². The number of esters is 1. The van der Waals surface area contributed by atoms with Gasteiger partial charge in [-0.3, -0.25) is 4.79 Å². The Morgan fingerprint density at radius 3 is 2.23 bits per heavy atom. The van der Waals surface area contributed by atoms with Gasteiger partial charge in [-0.1, -0.05) is 6.92 Å². The van der Waals surface area contributed by atoms with Gasteiger partial charge >= 0.3 is 5.97 Å². The first-order chi connectivity index (χ1) is 5.93. The van der Waals surface area contributed by atoms with Gasteiger partial charge in [0.2, 0.25) is 0 Å². The van der Waals surface area contributed by atoms with Gasteiger partial charge in [0.1, 0.15) is 0 Å². The number of aliphatic carboxylic acids is 1. The highest BCUT2D eigenvalue weighted by atomic mass is 16.5. The van der Waals surface area contributed by atoms with Gasteiger partial charge in [-0.25, -0.2) is 0 Å². The molecule has 13 heavy (non-hydrogen) atoms. The molecule has 0 saturated heterocycles. The molecule has 0 bridgehead atoms. The zero-order valence-electron chi connectivity index (χ0n) is 8.20. The summed E-state index contributed by atoms with van der Waals surface area (Å²) in [6.07, 6.45) is 0.796. The Hall–Kier alpha value is -1.06. The van der Waals surface area contributed by atoms with Crippen LogP contribution in [0.5, 0.6) is 0 Å². The number of carbonyl (C=O) groups is 2. The van der Waals surface area contributed by atoms with E-state index < -0.39 is 11.9 Å². The lowest BCUT2D eigenvalue weighted by atomic mass is 10.0. The summed E-state index contributed by atoms with van der Waals surface area (Å²) in [4.78, 5) is 20.8. The predicted molar refractivity (Wildman–Crippen MR) is 44.6 cm³/mol. The Bertz CT molecular complexity index is 188. The third kappa shape index (κ3) is 6.13. The van der Waals surface area contributed by atoms with Crippen LogP contribution in [0.3, 0.4) is 0 Å². The molecule has 0 amide bonds. The van der Waals surface area contributed by atoms with Gasteiger partial charge in [0.25, 0.3) is 0 Å². The molecule has 0 radical (unpaired) electrons. The van der Waals surface area contributed by atoms with Crippen LogP contribution in [0.4, 0.5) is 0 Å². The number of rotatable bonds is 5. The molecule has 0 heterocycles. The van der Waals surface area contributed by atoms with E-state index in [1.165, 1.54) is 6.92 Å². The van der Waals surface area contributed by atoms with E-state index in [4.69, 9.17) is 4.74 Å². The molecule has 0 rings (SSSR count). The highest BCUT2D eigenvalue weighted by molar-refractivity contribution is 5.67. The fourth-order valence-electron chi connectivity index (χ4n) is 0.945. The van der Waals surface area contributed by atoms with E-state index in [2.05, 4.69) is 0 Å². The van der Waals surface area contributed by atoms with Crippen molar-refractivity contribution in [1.29, 1.82) is 0 Å². The molecule has 0 N–H and O–H groups in total. The fraction of sp³-hybridized carbons (Fsp3) is 0.778. The standard InChI is InChI=1S/C9H16O4/c1-6(9(11)12)4-5-7(2)13-8(3)10/h6-7H,4-5H2,1-3H3,(H,11,12)/p-1. The Labute approximate surface area is 77.9 Å². The molecule has 0 aliphatic heterocycles. The lowest BCUT2D eigenvalue weighted by Gasteiger charge is -2.15. The molecule has 4 nitrogen and oxygen atoms in total. The molecule has 0 aliphatic rings. The van der Waals surface area contributed by atoms with Crippen LogP contribution >= 0.6 is 0 Å². The summed E-state index contributed by atoms with van der Waals surface area (Å²) in [5.41, 5.74) is 0. The maximum atomic E-state index is 10.5. The number of hydrogen-bond donors (Lipinski definition) is 0. The predicted octanol–water partition coefficient (Wildman–Crippen LogP) is 0.104. The van der Waals surface area contributed by atoms with Crippen molar-refractivity contribution in [2.45, 2.75) is 39.7 Å². The van der Waals surface area contributed by atoms with Crippen LogP contribution in [0.25, 0.3) is 0 Å². The highest BCUT2D eigenvalue weighted by Gasteiger charge is 2.08. The maximum Gasteiger partial charge on any atom is 0.302 e. The van der Waals surface area contributed by atoms with Crippen LogP contribution < -0.4 is 5.11 Å². The second-order valence-electron chi connectivity index (χ2n) is 3.22. The van der Waals surface area contributed by atoms with Crippen LogP contribution in [-0.4, -0.2) is 18.0 Å². The number of carboxylic acids is 1. The van der Waals surface area contributed by atoms with Crippen molar-refractivity contribution >= 4 is 11.9 Å². The summed E-state index contributed by atoms with van der Waals surface area (Å²) in [6.45, 7) is 4.65. The van der Waals surface area contributed by atoms with Crippen LogP contribution in [0.2, 0.25) is 0 Å². The molecule has 0 aromatic carbocycles. The lowest BCUT2D eigenvalue weighted by molar-refractivity contribution is -0.311. The van der Waals surface area contributed by atoms with Gasteiger partial charge < -0.3 is 14.6 Å². The second-order valence-corrected chi connectivity index (χ2v) is 3.22. The Morgan fingerprint density at radius 2 is 1.85 bits per heavy atom.